The molecule has 4 rings (SSSR count). The van der Waals surface area contributed by atoms with Gasteiger partial charge in [-0.2, -0.15) is 0 Å². The van der Waals surface area contributed by atoms with Crippen molar-refractivity contribution in [3.8, 4) is 11.1 Å². The molecule has 4 heteroatoms. The summed E-state index contributed by atoms with van der Waals surface area (Å²) in [7, 11) is 0. The molecule has 0 unspecified atom stereocenters. The van der Waals surface area contributed by atoms with Crippen LogP contribution in [0.5, 0.6) is 0 Å². The lowest BCUT2D eigenvalue weighted by atomic mass is 10.0. The highest BCUT2D eigenvalue weighted by Gasteiger charge is 2.13. The van der Waals surface area contributed by atoms with Gasteiger partial charge >= 0.3 is 0 Å². The van der Waals surface area contributed by atoms with E-state index < -0.39 is 0 Å². The minimum Gasteiger partial charge on any atom is -0.133 e. The predicted octanol–water partition coefficient (Wildman–Crippen LogP) is 7.90. The first-order valence-corrected chi connectivity index (χ1v) is 9.48. The van der Waals surface area contributed by atoms with Crippen LogP contribution >= 0.6 is 54.8 Å². The first-order chi connectivity index (χ1) is 10.6. The molecular weight excluding hydrogens is 444 g/mol. The molecule has 0 fully saturated rings. The normalized spacial score (nSPS) is 11.4. The van der Waals surface area contributed by atoms with Gasteiger partial charge in [0.2, 0.25) is 0 Å². The highest BCUT2D eigenvalue weighted by molar-refractivity contribution is 9.11. The molecule has 1 aromatic heterocycles. The number of fused-ring (bicyclic) bond motifs is 3. The van der Waals surface area contributed by atoms with Crippen molar-refractivity contribution in [2.75, 3.05) is 0 Å². The summed E-state index contributed by atoms with van der Waals surface area (Å²) in [5.41, 5.74) is 2.35. The van der Waals surface area contributed by atoms with Crippen LogP contribution < -0.4 is 0 Å². The van der Waals surface area contributed by atoms with Gasteiger partial charge in [-0.1, -0.05) is 48.0 Å². The second-order valence-corrected chi connectivity index (χ2v) is 8.13. The van der Waals surface area contributed by atoms with Crippen LogP contribution in [0.15, 0.2) is 63.5 Å². The molecule has 4 aromatic rings. The molecule has 0 aliphatic rings. The van der Waals surface area contributed by atoms with Crippen LogP contribution in [0, 0.1) is 0 Å². The largest absolute Gasteiger partial charge is 0.133 e. The van der Waals surface area contributed by atoms with E-state index >= 15 is 0 Å². The molecule has 0 bridgehead atoms. The maximum absolute atomic E-state index is 5.99. The summed E-state index contributed by atoms with van der Waals surface area (Å²) < 4.78 is 4.84. The van der Waals surface area contributed by atoms with E-state index in [0.29, 0.717) is 0 Å². The van der Waals surface area contributed by atoms with Crippen molar-refractivity contribution in [3.63, 3.8) is 0 Å². The number of rotatable bonds is 1. The van der Waals surface area contributed by atoms with Crippen molar-refractivity contribution < 1.29 is 0 Å². The Hall–Kier alpha value is -0.870. The predicted molar refractivity (Wildman–Crippen MR) is 105 cm³/mol. The summed E-state index contributed by atoms with van der Waals surface area (Å²) in [4.78, 5) is 0. The van der Waals surface area contributed by atoms with Gasteiger partial charge in [-0.25, -0.2) is 0 Å². The molecule has 0 N–H and O–H groups in total. The average molecular weight is 453 g/mol. The molecule has 0 aliphatic heterocycles. The standard InChI is InChI=1S/C18H9Br2ClS/c19-15-3-1-2-13-14-9-8-12(10-4-6-11(21)7-5-10)16(20)18(14)22-17(13)15/h1-9H. The Morgan fingerprint density at radius 2 is 1.50 bits per heavy atom. The second-order valence-electron chi connectivity index (χ2n) is 5.03. The van der Waals surface area contributed by atoms with Crippen LogP contribution in [-0.4, -0.2) is 0 Å². The monoisotopic (exact) mass is 450 g/mol. The van der Waals surface area contributed by atoms with Gasteiger partial charge < -0.3 is 0 Å². The highest BCUT2D eigenvalue weighted by atomic mass is 79.9. The minimum absolute atomic E-state index is 0.756. The van der Waals surface area contributed by atoms with Gasteiger partial charge in [-0.3, -0.25) is 0 Å². The Morgan fingerprint density at radius 3 is 2.27 bits per heavy atom. The SMILES string of the molecule is Clc1ccc(-c2ccc3c(sc4c(Br)cccc43)c2Br)cc1. The van der Waals surface area contributed by atoms with Gasteiger partial charge in [0.25, 0.3) is 0 Å². The lowest BCUT2D eigenvalue weighted by Crippen LogP contribution is -1.80. The van der Waals surface area contributed by atoms with Gasteiger partial charge in [-0.15, -0.1) is 11.3 Å². The Labute approximate surface area is 154 Å². The molecule has 0 radical (unpaired) electrons. The fourth-order valence-electron chi connectivity index (χ4n) is 2.65. The van der Waals surface area contributed by atoms with Crippen LogP contribution in [0.4, 0.5) is 0 Å². The van der Waals surface area contributed by atoms with Crippen LogP contribution in [0.2, 0.25) is 5.02 Å². The molecule has 0 amide bonds. The molecule has 1 heterocycles. The van der Waals surface area contributed by atoms with Crippen LogP contribution in [0.3, 0.4) is 0 Å². The van der Waals surface area contributed by atoms with Gasteiger partial charge in [0, 0.05) is 29.4 Å². The molecule has 3 aromatic carbocycles. The number of thiophene rings is 1. The summed E-state index contributed by atoms with van der Waals surface area (Å²) in [6.45, 7) is 0. The van der Waals surface area contributed by atoms with Crippen LogP contribution in [0.25, 0.3) is 31.3 Å². The zero-order valence-corrected chi connectivity index (χ0v) is 16.0. The number of benzene rings is 3. The number of halogens is 3. The van der Waals surface area contributed by atoms with E-state index in [1.165, 1.54) is 25.7 Å². The topological polar surface area (TPSA) is 0 Å². The summed E-state index contributed by atoms with van der Waals surface area (Å²) in [6, 6.07) is 18.7. The Morgan fingerprint density at radius 1 is 0.773 bits per heavy atom. The lowest BCUT2D eigenvalue weighted by molar-refractivity contribution is 1.64. The number of hydrogen-bond donors (Lipinski definition) is 0. The summed E-state index contributed by atoms with van der Waals surface area (Å²) in [5, 5.41) is 3.33. The van der Waals surface area contributed by atoms with Gasteiger partial charge in [0.1, 0.15) is 0 Å². The smallest absolute Gasteiger partial charge is 0.0504 e. The van der Waals surface area contributed by atoms with Crippen molar-refractivity contribution in [3.05, 3.63) is 68.6 Å². The van der Waals surface area contributed by atoms with E-state index in [4.69, 9.17) is 11.6 Å². The second kappa shape index (κ2) is 5.64. The third-order valence-electron chi connectivity index (χ3n) is 3.71. The Bertz CT molecular complexity index is 1000. The quantitative estimate of drug-likeness (QED) is 0.275. The van der Waals surface area contributed by atoms with Crippen molar-refractivity contribution in [2.45, 2.75) is 0 Å². The van der Waals surface area contributed by atoms with Crippen LogP contribution in [0.1, 0.15) is 0 Å². The van der Waals surface area contributed by atoms with Crippen molar-refractivity contribution in [1.82, 2.24) is 0 Å². The molecule has 0 atom stereocenters. The van der Waals surface area contributed by atoms with Crippen LogP contribution in [-0.2, 0) is 0 Å². The summed E-state index contributed by atoms with van der Waals surface area (Å²) >= 11 is 15.3. The maximum Gasteiger partial charge on any atom is 0.0504 e. The minimum atomic E-state index is 0.756. The molecule has 0 aliphatic carbocycles. The summed E-state index contributed by atoms with van der Waals surface area (Å²) in [5.74, 6) is 0. The van der Waals surface area contributed by atoms with E-state index in [9.17, 15) is 0 Å². The summed E-state index contributed by atoms with van der Waals surface area (Å²) in [6.07, 6.45) is 0. The fraction of sp³-hybridized carbons (Fsp3) is 0. The lowest BCUT2D eigenvalue weighted by Gasteiger charge is -2.06. The number of hydrogen-bond acceptors (Lipinski definition) is 1. The van der Waals surface area contributed by atoms with Crippen molar-refractivity contribution in [1.29, 1.82) is 0 Å². The van der Waals surface area contributed by atoms with E-state index in [1.807, 2.05) is 23.5 Å². The van der Waals surface area contributed by atoms with E-state index in [0.717, 1.165) is 19.5 Å². The molecule has 0 saturated heterocycles. The zero-order valence-electron chi connectivity index (χ0n) is 11.2. The molecule has 0 saturated carbocycles. The molecule has 22 heavy (non-hydrogen) atoms. The van der Waals surface area contributed by atoms with E-state index in [2.05, 4.69) is 74.3 Å². The average Bonchev–Trinajstić information content (AvgIpc) is 2.90. The maximum atomic E-state index is 5.99. The fourth-order valence-corrected chi connectivity index (χ4v) is 5.34. The van der Waals surface area contributed by atoms with Gasteiger partial charge in [-0.05, 0) is 61.2 Å². The Balaban J connectivity index is 2.03. The van der Waals surface area contributed by atoms with Gasteiger partial charge in [0.05, 0.1) is 4.70 Å². The highest BCUT2D eigenvalue weighted by Crippen LogP contribution is 2.44. The van der Waals surface area contributed by atoms with Crippen molar-refractivity contribution >= 4 is 75.0 Å². The third-order valence-corrected chi connectivity index (χ3v) is 7.25. The van der Waals surface area contributed by atoms with E-state index in [1.54, 1.807) is 0 Å². The third kappa shape index (κ3) is 2.31. The van der Waals surface area contributed by atoms with Crippen molar-refractivity contribution in [2.24, 2.45) is 0 Å². The Kier molecular flexibility index (Phi) is 3.77. The molecule has 108 valence electrons. The molecule has 0 spiro atoms. The molecular formula is C18H9Br2ClS. The zero-order chi connectivity index (χ0) is 15.3. The first-order valence-electron chi connectivity index (χ1n) is 6.70. The first kappa shape index (κ1) is 14.7. The molecule has 0 nitrogen and oxygen atoms in total. The van der Waals surface area contributed by atoms with E-state index in [-0.39, 0.29) is 0 Å². The van der Waals surface area contributed by atoms with Gasteiger partial charge in [0.15, 0.2) is 0 Å².